The molecule has 0 spiro atoms. The van der Waals surface area contributed by atoms with Gasteiger partial charge in [0.05, 0.1) is 22.2 Å². The number of halogens is 9. The van der Waals surface area contributed by atoms with Crippen LogP contribution < -0.4 is 15.0 Å². The maximum atomic E-state index is 17.2. The van der Waals surface area contributed by atoms with Crippen molar-refractivity contribution < 1.29 is 44.3 Å². The van der Waals surface area contributed by atoms with Crippen LogP contribution in [0.3, 0.4) is 0 Å². The molecule has 0 radical (unpaired) electrons. The van der Waals surface area contributed by atoms with Crippen molar-refractivity contribution in [1.82, 2.24) is 30.4 Å². The fourth-order valence-electron chi connectivity index (χ4n) is 7.88. The van der Waals surface area contributed by atoms with Gasteiger partial charge in [0.25, 0.3) is 6.08 Å². The zero-order valence-corrected chi connectivity index (χ0v) is 26.9. The van der Waals surface area contributed by atoms with Crippen molar-refractivity contribution in [3.8, 4) is 23.2 Å². The molecule has 0 amide bonds. The Kier molecular flexibility index (Phi) is 8.56. The van der Waals surface area contributed by atoms with E-state index in [4.69, 9.17) is 4.74 Å². The Morgan fingerprint density at radius 3 is 2.43 bits per heavy atom. The number of aryl methyl sites for hydroxylation is 1. The number of fused-ring (bicyclic) bond motifs is 3. The van der Waals surface area contributed by atoms with E-state index in [2.05, 4.69) is 30.4 Å². The zero-order chi connectivity index (χ0) is 36.5. The number of ether oxygens (including phenoxy) is 1. The summed E-state index contributed by atoms with van der Waals surface area (Å²) in [6.45, 7) is 2.64. The fraction of sp³-hybridized carbons (Fsp3) is 0.455. The van der Waals surface area contributed by atoms with Gasteiger partial charge in [0.1, 0.15) is 24.0 Å². The number of nitrogens with zero attached hydrogens (tertiary/aromatic N) is 6. The molecule has 3 aliphatic heterocycles. The molecule has 5 heterocycles. The number of H-pyrrole nitrogens is 1. The zero-order valence-electron chi connectivity index (χ0n) is 26.9. The third-order valence-electron chi connectivity index (χ3n) is 10.00. The monoisotopic (exact) mass is 724 g/mol. The molecule has 51 heavy (non-hydrogen) atoms. The van der Waals surface area contributed by atoms with Crippen LogP contribution in [0.2, 0.25) is 0 Å². The number of aromatic amines is 1. The molecular formula is C33H29F9N8O. The van der Waals surface area contributed by atoms with Gasteiger partial charge in [-0.3, -0.25) is 10.00 Å². The fourth-order valence-corrected chi connectivity index (χ4v) is 7.88. The third-order valence-corrected chi connectivity index (χ3v) is 10.00. The predicted octanol–water partition coefficient (Wildman–Crippen LogP) is 7.10. The third kappa shape index (κ3) is 6.09. The van der Waals surface area contributed by atoms with Crippen LogP contribution in [0.4, 0.5) is 45.3 Å². The maximum absolute atomic E-state index is 17.2. The summed E-state index contributed by atoms with van der Waals surface area (Å²) in [5, 5.41) is 17.4. The first-order chi connectivity index (χ1) is 24.1. The molecule has 4 aromatic rings. The van der Waals surface area contributed by atoms with E-state index in [1.807, 2.05) is 0 Å². The summed E-state index contributed by atoms with van der Waals surface area (Å²) >= 11 is 0. The molecule has 9 nitrogen and oxygen atoms in total. The minimum absolute atomic E-state index is 0.0451. The lowest BCUT2D eigenvalue weighted by atomic mass is 9.87. The van der Waals surface area contributed by atoms with Gasteiger partial charge in [-0.15, -0.1) is 0 Å². The van der Waals surface area contributed by atoms with E-state index in [-0.39, 0.29) is 43.1 Å². The Bertz CT molecular complexity index is 2090. The van der Waals surface area contributed by atoms with Crippen molar-refractivity contribution in [2.24, 2.45) is 0 Å². The number of benzene rings is 2. The molecule has 0 saturated carbocycles. The second-order valence-electron chi connectivity index (χ2n) is 13.1. The van der Waals surface area contributed by atoms with E-state index in [1.54, 1.807) is 6.07 Å². The number of anilines is 1. The van der Waals surface area contributed by atoms with E-state index in [9.17, 15) is 27.2 Å². The molecule has 270 valence electrons. The van der Waals surface area contributed by atoms with Crippen LogP contribution >= 0.6 is 0 Å². The summed E-state index contributed by atoms with van der Waals surface area (Å²) in [5.41, 5.74) is -8.68. The summed E-state index contributed by atoms with van der Waals surface area (Å²) in [5.74, 6) is -2.04. The lowest BCUT2D eigenvalue weighted by Gasteiger charge is -2.34. The van der Waals surface area contributed by atoms with Crippen LogP contribution in [0, 0.1) is 24.1 Å². The van der Waals surface area contributed by atoms with Crippen LogP contribution in [-0.2, 0) is 12.4 Å². The molecule has 18 heteroatoms. The van der Waals surface area contributed by atoms with Crippen molar-refractivity contribution in [3.05, 3.63) is 52.5 Å². The van der Waals surface area contributed by atoms with Crippen LogP contribution in [0.5, 0.6) is 6.01 Å². The van der Waals surface area contributed by atoms with Gasteiger partial charge in [-0.2, -0.15) is 55.5 Å². The quantitative estimate of drug-likeness (QED) is 0.203. The van der Waals surface area contributed by atoms with Crippen molar-refractivity contribution in [1.29, 1.82) is 5.26 Å². The summed E-state index contributed by atoms with van der Waals surface area (Å²) in [6.07, 6.45) is -8.73. The number of rotatable bonds is 6. The van der Waals surface area contributed by atoms with Crippen molar-refractivity contribution in [2.45, 2.75) is 56.5 Å². The Morgan fingerprint density at radius 2 is 1.78 bits per heavy atom. The molecule has 0 aliphatic carbocycles. The maximum Gasteiger partial charge on any atom is 0.417 e. The normalized spacial score (nSPS) is 19.5. The summed E-state index contributed by atoms with van der Waals surface area (Å²) in [4.78, 5) is 12.2. The van der Waals surface area contributed by atoms with Gasteiger partial charge in [-0.05, 0) is 69.5 Å². The van der Waals surface area contributed by atoms with Crippen molar-refractivity contribution in [2.75, 3.05) is 44.2 Å². The highest BCUT2D eigenvalue weighted by Gasteiger charge is 2.46. The molecule has 7 rings (SSSR count). The lowest BCUT2D eigenvalue weighted by molar-refractivity contribution is -0.139. The number of hydrogen-bond donors (Lipinski definition) is 2. The summed E-state index contributed by atoms with van der Waals surface area (Å²) in [7, 11) is 0. The highest BCUT2D eigenvalue weighted by molar-refractivity contribution is 6.04. The Balaban J connectivity index is 1.52. The highest BCUT2D eigenvalue weighted by atomic mass is 19.4. The van der Waals surface area contributed by atoms with Crippen LogP contribution in [0.15, 0.2) is 24.3 Å². The SMILES string of the molecule is Cc1cc2[nH]nc(C#N)c2c(-c2c(C(F)(F)F)cc3c(N4CCNC(C=C(F)F)C4)nc(OCC45CCCN4CCC5)nc3c2F)c1C(F)(F)F. The minimum Gasteiger partial charge on any atom is -0.461 e. The molecule has 0 bridgehead atoms. The molecule has 2 aromatic carbocycles. The van der Waals surface area contributed by atoms with Gasteiger partial charge < -0.3 is 15.0 Å². The van der Waals surface area contributed by atoms with Gasteiger partial charge in [0.15, 0.2) is 11.5 Å². The van der Waals surface area contributed by atoms with E-state index >= 15 is 17.6 Å². The molecule has 2 aromatic heterocycles. The van der Waals surface area contributed by atoms with Gasteiger partial charge >= 0.3 is 18.4 Å². The molecule has 3 saturated heterocycles. The first-order valence-electron chi connectivity index (χ1n) is 16.1. The molecular weight excluding hydrogens is 695 g/mol. The average Bonchev–Trinajstić information content (AvgIpc) is 3.76. The van der Waals surface area contributed by atoms with E-state index in [0.29, 0.717) is 12.1 Å². The van der Waals surface area contributed by atoms with E-state index in [0.717, 1.165) is 51.8 Å². The van der Waals surface area contributed by atoms with E-state index in [1.165, 1.54) is 4.90 Å². The number of piperazine rings is 1. The van der Waals surface area contributed by atoms with Crippen molar-refractivity contribution in [3.63, 3.8) is 0 Å². The number of nitrogens with one attached hydrogen (secondary N) is 2. The highest BCUT2D eigenvalue weighted by Crippen LogP contribution is 2.50. The van der Waals surface area contributed by atoms with Gasteiger partial charge in [-0.25, -0.2) is 4.39 Å². The average molecular weight is 725 g/mol. The summed E-state index contributed by atoms with van der Waals surface area (Å²) in [6, 6.07) is 1.61. The molecule has 3 aliphatic rings. The minimum atomic E-state index is -5.44. The Hall–Kier alpha value is -4.63. The second-order valence-corrected chi connectivity index (χ2v) is 13.1. The molecule has 1 atom stereocenters. The lowest BCUT2D eigenvalue weighted by Crippen LogP contribution is -2.50. The van der Waals surface area contributed by atoms with Gasteiger partial charge in [-0.1, -0.05) is 0 Å². The molecule has 1 unspecified atom stereocenters. The topological polar surface area (TPSA) is 106 Å². The number of alkyl halides is 6. The smallest absolute Gasteiger partial charge is 0.417 e. The molecule has 2 N–H and O–H groups in total. The predicted molar refractivity (Wildman–Crippen MR) is 167 cm³/mol. The van der Waals surface area contributed by atoms with Crippen LogP contribution in [0.25, 0.3) is 32.9 Å². The molecule has 3 fully saturated rings. The standard InChI is InChI=1S/C33H29F9N8O/c1-16-10-20-24(21(13-43)48-47-20)25(26(16)33(40,41)42)23-19(32(37,38)39)12-18-28(27(23)36)45-30(51-15-31-4-2-7-50(31)8-3-5-31)46-29(18)49-9-6-44-17(14-49)11-22(34)35/h10-12,17,44H,2-9,14-15H2,1H3,(H,47,48). The van der Waals surface area contributed by atoms with Gasteiger partial charge in [0, 0.05) is 47.6 Å². The first kappa shape index (κ1) is 34.8. The number of nitriles is 1. The number of aromatic nitrogens is 4. The Morgan fingerprint density at radius 1 is 1.06 bits per heavy atom. The first-order valence-corrected chi connectivity index (χ1v) is 16.1. The largest absolute Gasteiger partial charge is 0.461 e. The second kappa shape index (κ2) is 12.5. The van der Waals surface area contributed by atoms with Crippen molar-refractivity contribution >= 4 is 27.6 Å². The Labute approximate surface area is 284 Å². The van der Waals surface area contributed by atoms with Crippen LogP contribution in [-0.4, -0.2) is 76.0 Å². The number of hydrogen-bond acceptors (Lipinski definition) is 8. The summed E-state index contributed by atoms with van der Waals surface area (Å²) < 4.78 is 139. The van der Waals surface area contributed by atoms with E-state index < -0.39 is 86.1 Å². The van der Waals surface area contributed by atoms with Crippen LogP contribution in [0.1, 0.15) is 48.1 Å². The van der Waals surface area contributed by atoms with Gasteiger partial charge in [0.2, 0.25) is 0 Å².